The van der Waals surface area contributed by atoms with Crippen molar-refractivity contribution in [3.05, 3.63) is 48.1 Å². The normalized spacial score (nSPS) is 30.2. The van der Waals surface area contributed by atoms with E-state index in [0.29, 0.717) is 0 Å². The fourth-order valence-electron chi connectivity index (χ4n) is 5.15. The lowest BCUT2D eigenvalue weighted by molar-refractivity contribution is 0.186. The molecule has 2 aliphatic rings. The third kappa shape index (κ3) is 5.26. The predicted octanol–water partition coefficient (Wildman–Crippen LogP) is 6.53. The van der Waals surface area contributed by atoms with Crippen LogP contribution in [-0.2, 0) is 6.42 Å². The molecule has 0 unspecified atom stereocenters. The molecule has 0 spiro atoms. The number of halogens is 2. The van der Waals surface area contributed by atoms with Crippen LogP contribution >= 0.6 is 0 Å². The Hall–Kier alpha value is -0.963. The lowest BCUT2D eigenvalue weighted by atomic mass is 9.73. The summed E-state index contributed by atoms with van der Waals surface area (Å²) in [6, 6.07) is 8.76. The van der Waals surface area contributed by atoms with Crippen LogP contribution in [0.4, 0.5) is 8.78 Å². The molecular formula is C22H32F2Si. The molecular weight excluding hydrogens is 330 g/mol. The van der Waals surface area contributed by atoms with E-state index < -0.39 is 20.4 Å². The smallest absolute Gasteiger partial charge is 0.159 e. The van der Waals surface area contributed by atoms with Gasteiger partial charge in [0.1, 0.15) is 0 Å². The number of hydrogen-bond donors (Lipinski definition) is 0. The van der Waals surface area contributed by atoms with E-state index in [0.717, 1.165) is 36.2 Å². The van der Waals surface area contributed by atoms with Crippen LogP contribution < -0.4 is 0 Å². The first-order valence-corrected chi connectivity index (χ1v) is 12.7. The molecule has 0 nitrogen and oxygen atoms in total. The van der Waals surface area contributed by atoms with E-state index in [1.165, 1.54) is 68.8 Å². The molecule has 3 heteroatoms. The van der Waals surface area contributed by atoms with Crippen LogP contribution in [0.25, 0.3) is 0 Å². The molecule has 1 saturated heterocycles. The van der Waals surface area contributed by atoms with Gasteiger partial charge in [0.15, 0.2) is 11.6 Å². The zero-order valence-corrected chi connectivity index (χ0v) is 16.5. The van der Waals surface area contributed by atoms with Crippen LogP contribution in [0.2, 0.25) is 18.1 Å². The quantitative estimate of drug-likeness (QED) is 0.399. The number of allylic oxidation sites excluding steroid dienone is 1. The number of benzene rings is 1. The van der Waals surface area contributed by atoms with Crippen LogP contribution in [0.15, 0.2) is 30.9 Å². The van der Waals surface area contributed by atoms with Crippen molar-refractivity contribution in [2.24, 2.45) is 17.8 Å². The monoisotopic (exact) mass is 362 g/mol. The summed E-state index contributed by atoms with van der Waals surface area (Å²) in [5.41, 5.74) is 0.937. The van der Waals surface area contributed by atoms with Gasteiger partial charge in [0.25, 0.3) is 0 Å². The topological polar surface area (TPSA) is 0 Å². The third-order valence-corrected chi connectivity index (χ3v) is 10.1. The minimum atomic E-state index is -0.741. The molecule has 1 aromatic rings. The van der Waals surface area contributed by atoms with Crippen molar-refractivity contribution in [3.8, 4) is 0 Å². The minimum Gasteiger partial charge on any atom is -0.204 e. The highest BCUT2D eigenvalue weighted by Gasteiger charge is 2.30. The van der Waals surface area contributed by atoms with Gasteiger partial charge >= 0.3 is 0 Å². The molecule has 1 heterocycles. The van der Waals surface area contributed by atoms with Gasteiger partial charge in [-0.25, -0.2) is 8.78 Å². The van der Waals surface area contributed by atoms with Gasteiger partial charge in [-0.05, 0) is 67.2 Å². The molecule has 25 heavy (non-hydrogen) atoms. The Bertz CT molecular complexity index is 555. The van der Waals surface area contributed by atoms with E-state index in [1.807, 2.05) is 0 Å². The van der Waals surface area contributed by atoms with Gasteiger partial charge in [-0.2, -0.15) is 0 Å². The van der Waals surface area contributed by atoms with E-state index in [2.05, 4.69) is 12.7 Å². The van der Waals surface area contributed by atoms with Gasteiger partial charge < -0.3 is 0 Å². The summed E-state index contributed by atoms with van der Waals surface area (Å²) in [6.45, 7) is 3.92. The Balaban J connectivity index is 1.38. The molecule has 0 radical (unpaired) electrons. The van der Waals surface area contributed by atoms with Crippen molar-refractivity contribution < 1.29 is 8.78 Å². The molecule has 0 atom stereocenters. The van der Waals surface area contributed by atoms with Gasteiger partial charge in [0, 0.05) is 8.80 Å². The van der Waals surface area contributed by atoms with E-state index in [4.69, 9.17) is 0 Å². The molecule has 0 N–H and O–H groups in total. The molecule has 0 bridgehead atoms. The highest BCUT2D eigenvalue weighted by atomic mass is 28.3. The Kier molecular flexibility index (Phi) is 6.86. The summed E-state index contributed by atoms with van der Waals surface area (Å²) < 4.78 is 26.3. The number of hydrogen-bond acceptors (Lipinski definition) is 0. The lowest BCUT2D eigenvalue weighted by Crippen LogP contribution is -2.28. The van der Waals surface area contributed by atoms with Gasteiger partial charge in [-0.1, -0.05) is 49.9 Å². The summed E-state index contributed by atoms with van der Waals surface area (Å²) in [5.74, 6) is 1.27. The van der Waals surface area contributed by atoms with E-state index >= 15 is 0 Å². The van der Waals surface area contributed by atoms with E-state index in [-0.39, 0.29) is 0 Å². The predicted molar refractivity (Wildman–Crippen MR) is 105 cm³/mol. The SMILES string of the molecule is C=CC[SiH]1CCC(C2CCC(CCc3ccc(F)c(F)c3)CC2)CC1. The van der Waals surface area contributed by atoms with Crippen LogP contribution in [0.3, 0.4) is 0 Å². The van der Waals surface area contributed by atoms with Crippen LogP contribution in [-0.4, -0.2) is 8.80 Å². The summed E-state index contributed by atoms with van der Waals surface area (Å²) >= 11 is 0. The number of rotatable bonds is 6. The largest absolute Gasteiger partial charge is 0.204 e. The standard InChI is InChI=1S/C22H32F2Si/c1-2-13-25-14-11-20(12-15-25)19-8-5-17(6-9-19)3-4-18-7-10-21(23)22(24)16-18/h2,7,10,16-17,19-20,25H,1,3-6,8-9,11-15H2. The maximum Gasteiger partial charge on any atom is 0.159 e. The zero-order valence-electron chi connectivity index (χ0n) is 15.4. The molecule has 1 aromatic carbocycles. The molecule has 1 aliphatic carbocycles. The molecule has 1 aliphatic heterocycles. The van der Waals surface area contributed by atoms with E-state index in [9.17, 15) is 8.78 Å². The lowest BCUT2D eigenvalue weighted by Gasteiger charge is -2.37. The van der Waals surface area contributed by atoms with E-state index in [1.54, 1.807) is 6.07 Å². The second-order valence-corrected chi connectivity index (χ2v) is 11.7. The number of aryl methyl sites for hydroxylation is 1. The highest BCUT2D eigenvalue weighted by molar-refractivity contribution is 6.59. The fraction of sp³-hybridized carbons (Fsp3) is 0.636. The first-order chi connectivity index (χ1) is 12.2. The second kappa shape index (κ2) is 9.11. The summed E-state index contributed by atoms with van der Waals surface area (Å²) in [5, 5.41) is 0. The third-order valence-electron chi connectivity index (χ3n) is 6.77. The Morgan fingerprint density at radius 2 is 1.64 bits per heavy atom. The summed E-state index contributed by atoms with van der Waals surface area (Å²) in [7, 11) is -0.461. The average Bonchev–Trinajstić information content (AvgIpc) is 2.64. The molecule has 0 amide bonds. The maximum absolute atomic E-state index is 13.3. The van der Waals surface area contributed by atoms with Crippen LogP contribution in [0.5, 0.6) is 0 Å². The average molecular weight is 363 g/mol. The molecule has 0 aromatic heterocycles. The van der Waals surface area contributed by atoms with Crippen molar-refractivity contribution in [2.75, 3.05) is 0 Å². The van der Waals surface area contributed by atoms with Crippen molar-refractivity contribution in [2.45, 2.75) is 69.5 Å². The highest BCUT2D eigenvalue weighted by Crippen LogP contribution is 2.41. The Morgan fingerprint density at radius 3 is 2.28 bits per heavy atom. The molecule has 1 saturated carbocycles. The van der Waals surface area contributed by atoms with Gasteiger partial charge in [0.05, 0.1) is 0 Å². The maximum atomic E-state index is 13.3. The van der Waals surface area contributed by atoms with Crippen molar-refractivity contribution in [1.82, 2.24) is 0 Å². The first kappa shape index (κ1) is 18.8. The summed E-state index contributed by atoms with van der Waals surface area (Å²) in [4.78, 5) is 0. The van der Waals surface area contributed by atoms with Gasteiger partial charge in [-0.3, -0.25) is 0 Å². The zero-order chi connectivity index (χ0) is 17.6. The summed E-state index contributed by atoms with van der Waals surface area (Å²) in [6.07, 6.45) is 12.6. The minimum absolute atomic E-state index is 0.461. The van der Waals surface area contributed by atoms with Gasteiger partial charge in [0.2, 0.25) is 0 Å². The second-order valence-electron chi connectivity index (χ2n) is 8.37. The Labute approximate surface area is 153 Å². The van der Waals surface area contributed by atoms with Crippen molar-refractivity contribution in [1.29, 1.82) is 0 Å². The molecule has 2 fully saturated rings. The van der Waals surface area contributed by atoms with Crippen LogP contribution in [0.1, 0.15) is 50.5 Å². The molecule has 138 valence electrons. The van der Waals surface area contributed by atoms with Gasteiger partial charge in [-0.15, -0.1) is 6.58 Å². The Morgan fingerprint density at radius 1 is 0.960 bits per heavy atom. The van der Waals surface area contributed by atoms with Crippen molar-refractivity contribution in [3.63, 3.8) is 0 Å². The molecule has 3 rings (SSSR count). The van der Waals surface area contributed by atoms with Crippen LogP contribution in [0, 0.1) is 29.4 Å². The van der Waals surface area contributed by atoms with Crippen molar-refractivity contribution >= 4 is 8.80 Å². The first-order valence-electron chi connectivity index (χ1n) is 10.2. The fourth-order valence-corrected chi connectivity index (χ4v) is 8.18.